The lowest BCUT2D eigenvalue weighted by Crippen LogP contribution is -2.39. The largest absolute Gasteiger partial charge is 0.382 e. The number of imidazole rings is 1. The minimum Gasteiger partial charge on any atom is -0.382 e. The number of nitrogens with zero attached hydrogens (tertiary/aromatic N) is 5. The molecule has 1 aromatic carbocycles. The predicted octanol–water partition coefficient (Wildman–Crippen LogP) is 4.02. The Labute approximate surface area is 246 Å². The number of hydrogen-bond acceptors (Lipinski definition) is 9. The number of nitrogens with one attached hydrogen (secondary N) is 2. The summed E-state index contributed by atoms with van der Waals surface area (Å²) in [7, 11) is 2.04. The van der Waals surface area contributed by atoms with E-state index in [0.717, 1.165) is 18.7 Å². The Morgan fingerprint density at radius 3 is 2.64 bits per heavy atom. The molecule has 2 saturated heterocycles. The summed E-state index contributed by atoms with van der Waals surface area (Å²) < 4.78 is 20.9. The summed E-state index contributed by atoms with van der Waals surface area (Å²) in [6.07, 6.45) is 9.12. The average Bonchev–Trinajstić information content (AvgIpc) is 3.64. The average molecular weight is 579 g/mol. The Hall–Kier alpha value is -3.32. The molecule has 3 aromatic rings. The lowest BCUT2D eigenvalue weighted by atomic mass is 9.84. The first-order valence-corrected chi connectivity index (χ1v) is 15.0. The van der Waals surface area contributed by atoms with Gasteiger partial charge in [-0.1, -0.05) is 31.4 Å². The van der Waals surface area contributed by atoms with Crippen molar-refractivity contribution >= 4 is 28.7 Å². The molecule has 2 aromatic heterocycles. The predicted molar refractivity (Wildman–Crippen MR) is 159 cm³/mol. The summed E-state index contributed by atoms with van der Waals surface area (Å²) in [5.41, 5.74) is 9.31. The van der Waals surface area contributed by atoms with E-state index in [-0.39, 0.29) is 24.3 Å². The van der Waals surface area contributed by atoms with E-state index < -0.39 is 12.0 Å². The summed E-state index contributed by atoms with van der Waals surface area (Å²) in [6, 6.07) is 8.12. The maximum atomic E-state index is 12.5. The second-order valence-electron chi connectivity index (χ2n) is 12.2. The summed E-state index contributed by atoms with van der Waals surface area (Å²) in [5, 5.41) is 5.92. The minimum atomic E-state index is -0.730. The molecule has 0 radical (unpaired) electrons. The van der Waals surface area contributed by atoms with Crippen LogP contribution in [0.25, 0.3) is 11.2 Å². The number of carbonyl (C=O) groups excluding carboxylic acids is 1. The molecule has 12 nitrogen and oxygen atoms in total. The smallest absolute Gasteiger partial charge is 0.319 e. The molecule has 4 heterocycles. The van der Waals surface area contributed by atoms with Crippen LogP contribution in [0.5, 0.6) is 0 Å². The number of fused-ring (bicyclic) bond motifs is 2. The van der Waals surface area contributed by atoms with Gasteiger partial charge in [-0.25, -0.2) is 19.7 Å². The first-order chi connectivity index (χ1) is 20.3. The number of anilines is 2. The van der Waals surface area contributed by atoms with Crippen LogP contribution in [0.1, 0.15) is 70.1 Å². The summed E-state index contributed by atoms with van der Waals surface area (Å²) >= 11 is 0. The van der Waals surface area contributed by atoms with E-state index in [1.165, 1.54) is 44.0 Å². The SMILES string of the molecule is CN(CCCNC(=O)Nc1ccc(C2CCCCC2)cc1)C[C@H]1O[C@@H](n2cnc3c(N)ncnc32)C2OC(C)(C)O[C@@H]21. The molecule has 4 atom stereocenters. The maximum absolute atomic E-state index is 12.5. The van der Waals surface area contributed by atoms with E-state index >= 15 is 0 Å². The van der Waals surface area contributed by atoms with Gasteiger partial charge in [-0.2, -0.15) is 0 Å². The van der Waals surface area contributed by atoms with Gasteiger partial charge in [0.15, 0.2) is 23.5 Å². The van der Waals surface area contributed by atoms with Crippen molar-refractivity contribution in [3.8, 4) is 0 Å². The van der Waals surface area contributed by atoms with Crippen molar-refractivity contribution in [1.29, 1.82) is 0 Å². The number of amides is 2. The Morgan fingerprint density at radius 1 is 1.10 bits per heavy atom. The highest BCUT2D eigenvalue weighted by Gasteiger charge is 2.56. The van der Waals surface area contributed by atoms with Gasteiger partial charge in [-0.05, 0) is 70.3 Å². The Morgan fingerprint density at radius 2 is 1.86 bits per heavy atom. The lowest BCUT2D eigenvalue weighted by molar-refractivity contribution is -0.197. The van der Waals surface area contributed by atoms with Gasteiger partial charge >= 0.3 is 6.03 Å². The highest BCUT2D eigenvalue weighted by molar-refractivity contribution is 5.89. The number of aromatic nitrogens is 4. The van der Waals surface area contributed by atoms with Crippen LogP contribution in [-0.2, 0) is 14.2 Å². The topological polar surface area (TPSA) is 142 Å². The zero-order valence-electron chi connectivity index (χ0n) is 24.7. The van der Waals surface area contributed by atoms with Crippen molar-refractivity contribution in [3.63, 3.8) is 0 Å². The summed E-state index contributed by atoms with van der Waals surface area (Å²) in [5.74, 6) is 0.249. The number of hydrogen-bond donors (Lipinski definition) is 3. The first kappa shape index (κ1) is 28.8. The van der Waals surface area contributed by atoms with Gasteiger partial charge < -0.3 is 35.5 Å². The molecule has 3 aliphatic rings. The molecule has 2 amide bonds. The van der Waals surface area contributed by atoms with Gasteiger partial charge in [0.25, 0.3) is 0 Å². The molecule has 0 spiro atoms. The molecule has 1 unspecified atom stereocenters. The van der Waals surface area contributed by atoms with Crippen molar-refractivity contribution in [3.05, 3.63) is 42.5 Å². The van der Waals surface area contributed by atoms with E-state index in [4.69, 9.17) is 19.9 Å². The van der Waals surface area contributed by atoms with E-state index in [0.29, 0.717) is 36.0 Å². The zero-order valence-corrected chi connectivity index (χ0v) is 24.7. The van der Waals surface area contributed by atoms with Crippen molar-refractivity contribution < 1.29 is 19.0 Å². The first-order valence-electron chi connectivity index (χ1n) is 15.0. The molecule has 3 fully saturated rings. The number of nitrogens with two attached hydrogens (primary N) is 1. The van der Waals surface area contributed by atoms with Crippen LogP contribution in [0.4, 0.5) is 16.3 Å². The second kappa shape index (κ2) is 12.1. The molecule has 4 N–H and O–H groups in total. The Bertz CT molecular complexity index is 1370. The maximum Gasteiger partial charge on any atom is 0.319 e. The standard InChI is InChI=1S/C30H42N8O4/c1-30(2)41-24-22(40-28(25(24)42-30)38-18-35-23-26(31)33-17-34-27(23)38)16-37(3)15-7-14-32-29(39)36-21-12-10-20(11-13-21)19-8-5-4-6-9-19/h10-13,17-19,22,24-25,28H,4-9,14-16H2,1-3H3,(H2,31,33,34)(H2,32,36,39)/t22-,24-,25?,28-/m1/s1. The highest BCUT2D eigenvalue weighted by Crippen LogP contribution is 2.44. The number of ether oxygens (including phenoxy) is 3. The van der Waals surface area contributed by atoms with E-state index in [9.17, 15) is 4.79 Å². The fourth-order valence-corrected chi connectivity index (χ4v) is 6.49. The van der Waals surface area contributed by atoms with Gasteiger partial charge in [-0.15, -0.1) is 0 Å². The number of nitrogen functional groups attached to an aromatic ring is 1. The van der Waals surface area contributed by atoms with Crippen molar-refractivity contribution in [2.45, 2.75) is 88.6 Å². The minimum absolute atomic E-state index is 0.191. The number of carbonyl (C=O) groups is 1. The van der Waals surface area contributed by atoms with Gasteiger partial charge in [0.2, 0.25) is 0 Å². The van der Waals surface area contributed by atoms with Gasteiger partial charge in [-0.3, -0.25) is 4.57 Å². The van der Waals surface area contributed by atoms with Gasteiger partial charge in [0.1, 0.15) is 30.2 Å². The zero-order chi connectivity index (χ0) is 29.3. The molecule has 1 saturated carbocycles. The molecule has 0 bridgehead atoms. The van der Waals surface area contributed by atoms with Crippen LogP contribution in [0.2, 0.25) is 0 Å². The number of benzene rings is 1. The Kier molecular flexibility index (Phi) is 8.30. The van der Waals surface area contributed by atoms with Crippen LogP contribution in [0, 0.1) is 0 Å². The van der Waals surface area contributed by atoms with Crippen LogP contribution in [0.15, 0.2) is 36.9 Å². The molecule has 226 valence electrons. The Balaban J connectivity index is 0.979. The fourth-order valence-electron chi connectivity index (χ4n) is 6.49. The molecule has 42 heavy (non-hydrogen) atoms. The van der Waals surface area contributed by atoms with Crippen LogP contribution < -0.4 is 16.4 Å². The van der Waals surface area contributed by atoms with Gasteiger partial charge in [0, 0.05) is 18.8 Å². The molecule has 6 rings (SSSR count). The van der Waals surface area contributed by atoms with Gasteiger partial charge in [0.05, 0.1) is 6.33 Å². The van der Waals surface area contributed by atoms with Crippen LogP contribution in [-0.4, -0.2) is 81.2 Å². The summed E-state index contributed by atoms with van der Waals surface area (Å²) in [4.78, 5) is 27.5. The number of urea groups is 1. The fraction of sp³-hybridized carbons (Fsp3) is 0.600. The highest BCUT2D eigenvalue weighted by atomic mass is 16.8. The van der Waals surface area contributed by atoms with E-state index in [1.807, 2.05) is 37.6 Å². The normalized spacial score (nSPS) is 25.6. The third-order valence-corrected chi connectivity index (χ3v) is 8.53. The van der Waals surface area contributed by atoms with Crippen molar-refractivity contribution in [2.24, 2.45) is 0 Å². The quantitative estimate of drug-likeness (QED) is 0.321. The molecular weight excluding hydrogens is 536 g/mol. The monoisotopic (exact) mass is 578 g/mol. The van der Waals surface area contributed by atoms with E-state index in [2.05, 4.69) is 42.6 Å². The molecule has 2 aliphatic heterocycles. The molecular formula is C30H42N8O4. The number of likely N-dealkylation sites (N-methyl/N-ethyl adjacent to an activating group) is 1. The summed E-state index contributed by atoms with van der Waals surface area (Å²) in [6.45, 7) is 5.81. The second-order valence-corrected chi connectivity index (χ2v) is 12.2. The molecule has 1 aliphatic carbocycles. The van der Waals surface area contributed by atoms with Crippen molar-refractivity contribution in [2.75, 3.05) is 37.7 Å². The van der Waals surface area contributed by atoms with Crippen LogP contribution in [0.3, 0.4) is 0 Å². The van der Waals surface area contributed by atoms with Crippen LogP contribution >= 0.6 is 0 Å². The third-order valence-electron chi connectivity index (χ3n) is 8.53. The molecule has 12 heteroatoms. The van der Waals surface area contributed by atoms with Crippen molar-refractivity contribution in [1.82, 2.24) is 29.7 Å². The van der Waals surface area contributed by atoms with E-state index in [1.54, 1.807) is 6.33 Å². The number of rotatable bonds is 9. The lowest BCUT2D eigenvalue weighted by Gasteiger charge is -2.27. The third kappa shape index (κ3) is 6.22.